The number of alkyl halides is 3. The van der Waals surface area contributed by atoms with Gasteiger partial charge >= 0.3 is 12.1 Å². The molecule has 3 heterocycles. The van der Waals surface area contributed by atoms with E-state index in [1.54, 1.807) is 24.5 Å². The number of hydrogen-bond donors (Lipinski definition) is 4. The third-order valence-corrected chi connectivity index (χ3v) is 7.98. The molecule has 194 valence electrons. The second-order valence-corrected chi connectivity index (χ2v) is 10.9. The number of thiazole rings is 1. The number of aromatic amines is 1. The Bertz CT molecular complexity index is 1480. The summed E-state index contributed by atoms with van der Waals surface area (Å²) in [4.78, 5) is 24.3. The van der Waals surface area contributed by atoms with Crippen molar-refractivity contribution in [2.75, 3.05) is 5.32 Å². The highest BCUT2D eigenvalue weighted by atomic mass is 32.1. The van der Waals surface area contributed by atoms with Crippen LogP contribution in [-0.2, 0) is 16.6 Å². The summed E-state index contributed by atoms with van der Waals surface area (Å²) in [5, 5.41) is 32.0. The van der Waals surface area contributed by atoms with Gasteiger partial charge in [-0.15, -0.1) is 11.3 Å². The summed E-state index contributed by atoms with van der Waals surface area (Å²) in [6, 6.07) is 4.22. The first-order chi connectivity index (χ1) is 17.4. The maximum absolute atomic E-state index is 13.1. The highest BCUT2D eigenvalue weighted by Gasteiger charge is 2.49. The van der Waals surface area contributed by atoms with Gasteiger partial charge in [0.15, 0.2) is 0 Å². The van der Waals surface area contributed by atoms with Crippen molar-refractivity contribution >= 4 is 39.8 Å². The quantitative estimate of drug-likeness (QED) is 0.270. The number of rotatable bonds is 5. The fourth-order valence-corrected chi connectivity index (χ4v) is 6.08. The molecule has 1 saturated carbocycles. The van der Waals surface area contributed by atoms with E-state index in [2.05, 4.69) is 30.5 Å². The van der Waals surface area contributed by atoms with Crippen LogP contribution in [0.2, 0.25) is 0 Å². The molecule has 0 bridgehead atoms. The number of carboxylic acids is 1. The van der Waals surface area contributed by atoms with Gasteiger partial charge in [-0.3, -0.25) is 9.89 Å². The molecular formula is C24H23F3N6O3S. The number of carboxylic acid groups (broad SMARTS) is 1. The molecule has 0 aliphatic heterocycles. The van der Waals surface area contributed by atoms with Crippen LogP contribution < -0.4 is 5.32 Å². The minimum Gasteiger partial charge on any atom is -0.481 e. The van der Waals surface area contributed by atoms with Crippen LogP contribution in [0.5, 0.6) is 0 Å². The van der Waals surface area contributed by atoms with Crippen molar-refractivity contribution in [3.8, 4) is 10.4 Å². The third-order valence-electron chi connectivity index (χ3n) is 6.76. The maximum atomic E-state index is 13.1. The Balaban J connectivity index is 1.48. The van der Waals surface area contributed by atoms with Crippen molar-refractivity contribution < 1.29 is 28.2 Å². The van der Waals surface area contributed by atoms with Gasteiger partial charge in [0.1, 0.15) is 16.3 Å². The topological polar surface area (TPSA) is 137 Å². The molecule has 0 saturated heterocycles. The van der Waals surface area contributed by atoms with E-state index in [0.717, 1.165) is 12.3 Å². The Kier molecular flexibility index (Phi) is 5.94. The molecule has 0 spiro atoms. The first-order valence-electron chi connectivity index (χ1n) is 11.4. The van der Waals surface area contributed by atoms with Gasteiger partial charge in [-0.2, -0.15) is 18.3 Å². The van der Waals surface area contributed by atoms with E-state index >= 15 is 0 Å². The van der Waals surface area contributed by atoms with E-state index in [0.29, 0.717) is 38.5 Å². The van der Waals surface area contributed by atoms with Gasteiger partial charge in [0.2, 0.25) is 5.95 Å². The van der Waals surface area contributed by atoms with E-state index in [-0.39, 0.29) is 18.8 Å². The molecule has 0 unspecified atom stereocenters. The van der Waals surface area contributed by atoms with Crippen LogP contribution in [0.15, 0.2) is 36.8 Å². The average molecular weight is 533 g/mol. The lowest BCUT2D eigenvalue weighted by molar-refractivity contribution is -0.154. The number of aliphatic carboxylic acids is 1. The molecule has 5 rings (SSSR count). The number of nitrogens with one attached hydrogen (secondary N) is 2. The van der Waals surface area contributed by atoms with Crippen molar-refractivity contribution in [3.05, 3.63) is 47.5 Å². The van der Waals surface area contributed by atoms with Gasteiger partial charge in [0.25, 0.3) is 0 Å². The Morgan fingerprint density at radius 2 is 2.03 bits per heavy atom. The van der Waals surface area contributed by atoms with Crippen molar-refractivity contribution in [1.29, 1.82) is 0 Å². The Hall–Kier alpha value is -3.58. The smallest absolute Gasteiger partial charge is 0.433 e. The number of H-pyrrole nitrogens is 1. The number of fused-ring (bicyclic) bond motifs is 1. The van der Waals surface area contributed by atoms with E-state index in [9.17, 15) is 28.2 Å². The fraction of sp³-hybridized carbons (Fsp3) is 0.375. The van der Waals surface area contributed by atoms with Crippen molar-refractivity contribution in [1.82, 2.24) is 25.1 Å². The SMILES string of the molecule is CC1(C)C[C@](O)(c2ncc(-c3cc(Nc4nccc(C(F)(F)F)n4)cc4cn[nH]c34)s2)CC[C@H]1C(=O)O. The lowest BCUT2D eigenvalue weighted by atomic mass is 9.63. The number of aliphatic hydroxyl groups is 1. The van der Waals surface area contributed by atoms with Crippen LogP contribution in [-0.4, -0.2) is 41.3 Å². The minimum absolute atomic E-state index is 0.208. The molecule has 0 amide bonds. The van der Waals surface area contributed by atoms with E-state index in [1.807, 2.05) is 13.8 Å². The Morgan fingerprint density at radius 1 is 1.24 bits per heavy atom. The van der Waals surface area contributed by atoms with Crippen LogP contribution >= 0.6 is 11.3 Å². The van der Waals surface area contributed by atoms with E-state index in [1.165, 1.54) is 11.3 Å². The zero-order chi connectivity index (χ0) is 26.6. The summed E-state index contributed by atoms with van der Waals surface area (Å²) in [5.41, 5.74) is -1.15. The minimum atomic E-state index is -4.60. The highest BCUT2D eigenvalue weighted by Crippen LogP contribution is 2.51. The summed E-state index contributed by atoms with van der Waals surface area (Å²) < 4.78 is 39.2. The first kappa shape index (κ1) is 25.1. The summed E-state index contributed by atoms with van der Waals surface area (Å²) in [7, 11) is 0. The van der Waals surface area contributed by atoms with Crippen molar-refractivity contribution in [2.45, 2.75) is 44.9 Å². The molecule has 9 nitrogen and oxygen atoms in total. The number of benzene rings is 1. The number of aromatic nitrogens is 5. The molecule has 1 aliphatic rings. The fourth-order valence-electron chi connectivity index (χ4n) is 5.02. The van der Waals surface area contributed by atoms with Gasteiger partial charge < -0.3 is 15.5 Å². The molecule has 1 fully saturated rings. The standard InChI is InChI=1S/C24H23F3N6O3S/c1-22(2)11-23(36,5-3-15(22)19(34)35)20-29-10-16(37-20)14-8-13(7-12-9-30-33-18(12)14)31-21-28-6-4-17(32-21)24(25,26)27/h4,6-10,15,36H,3,5,11H2,1-2H3,(H,30,33)(H,34,35)(H,28,31,32)/t15-,23-/m0/s1. The lowest BCUT2D eigenvalue weighted by Gasteiger charge is -2.44. The van der Waals surface area contributed by atoms with Crippen LogP contribution in [0.3, 0.4) is 0 Å². The summed E-state index contributed by atoms with van der Waals surface area (Å²) in [5.74, 6) is -1.64. The maximum Gasteiger partial charge on any atom is 0.433 e. The molecule has 1 aromatic carbocycles. The summed E-state index contributed by atoms with van der Waals surface area (Å²) in [6.45, 7) is 3.67. The molecule has 3 aromatic heterocycles. The van der Waals surface area contributed by atoms with Gasteiger partial charge in [-0.05, 0) is 42.9 Å². The normalized spacial score (nSPS) is 21.7. The highest BCUT2D eigenvalue weighted by molar-refractivity contribution is 7.15. The molecule has 13 heteroatoms. The predicted molar refractivity (Wildman–Crippen MR) is 130 cm³/mol. The van der Waals surface area contributed by atoms with Crippen LogP contribution in [0.1, 0.15) is 43.8 Å². The van der Waals surface area contributed by atoms with E-state index in [4.69, 9.17) is 0 Å². The summed E-state index contributed by atoms with van der Waals surface area (Å²) >= 11 is 1.28. The zero-order valence-corrected chi connectivity index (χ0v) is 20.6. The number of carbonyl (C=O) groups is 1. The second kappa shape index (κ2) is 8.77. The van der Waals surface area contributed by atoms with Gasteiger partial charge in [-0.1, -0.05) is 13.8 Å². The third kappa shape index (κ3) is 4.76. The Labute approximate surface area is 212 Å². The molecule has 2 atom stereocenters. The molecule has 37 heavy (non-hydrogen) atoms. The molecular weight excluding hydrogens is 509 g/mol. The number of nitrogens with zero attached hydrogens (tertiary/aromatic N) is 4. The van der Waals surface area contributed by atoms with Crippen LogP contribution in [0, 0.1) is 11.3 Å². The number of halogens is 3. The largest absolute Gasteiger partial charge is 0.481 e. The van der Waals surface area contributed by atoms with Gasteiger partial charge in [0, 0.05) is 29.0 Å². The Morgan fingerprint density at radius 3 is 2.73 bits per heavy atom. The molecule has 4 aromatic rings. The van der Waals surface area contributed by atoms with Gasteiger partial charge in [-0.25, -0.2) is 15.0 Å². The number of hydrogen-bond acceptors (Lipinski definition) is 8. The molecule has 1 aliphatic carbocycles. The van der Waals surface area contributed by atoms with Crippen molar-refractivity contribution in [3.63, 3.8) is 0 Å². The molecule has 4 N–H and O–H groups in total. The predicted octanol–water partition coefficient (Wildman–Crippen LogP) is 5.34. The summed E-state index contributed by atoms with van der Waals surface area (Å²) in [6.07, 6.45) is 0.487. The van der Waals surface area contributed by atoms with Crippen molar-refractivity contribution in [2.24, 2.45) is 11.3 Å². The van der Waals surface area contributed by atoms with Gasteiger partial charge in [0.05, 0.1) is 22.5 Å². The van der Waals surface area contributed by atoms with Crippen LogP contribution in [0.4, 0.5) is 24.8 Å². The first-order valence-corrected chi connectivity index (χ1v) is 12.2. The average Bonchev–Trinajstić information content (AvgIpc) is 3.47. The monoisotopic (exact) mass is 532 g/mol. The van der Waals surface area contributed by atoms with Crippen LogP contribution in [0.25, 0.3) is 21.3 Å². The van der Waals surface area contributed by atoms with E-state index < -0.39 is 34.8 Å². The second-order valence-electron chi connectivity index (χ2n) is 9.90. The molecule has 0 radical (unpaired) electrons. The zero-order valence-electron chi connectivity index (χ0n) is 19.8. The number of anilines is 2. The lowest BCUT2D eigenvalue weighted by Crippen LogP contribution is -2.44.